The molecule has 7 heteroatoms. The number of hydrogen-bond donors (Lipinski definition) is 1. The molecular weight excluding hydrogens is 374 g/mol. The van der Waals surface area contributed by atoms with Gasteiger partial charge in [0.05, 0.1) is 6.61 Å². The van der Waals surface area contributed by atoms with Crippen LogP contribution in [0.5, 0.6) is 0 Å². The second-order valence-electron chi connectivity index (χ2n) is 5.70. The van der Waals surface area contributed by atoms with Crippen LogP contribution in [0.25, 0.3) is 0 Å². The third-order valence-electron chi connectivity index (χ3n) is 4.00. The van der Waals surface area contributed by atoms with E-state index >= 15 is 0 Å². The van der Waals surface area contributed by atoms with E-state index in [2.05, 4.69) is 21.2 Å². The van der Waals surface area contributed by atoms with Crippen LogP contribution < -0.4 is 5.32 Å². The number of piperazine rings is 1. The van der Waals surface area contributed by atoms with Crippen molar-refractivity contribution in [2.24, 2.45) is 0 Å². The highest BCUT2D eigenvalue weighted by Gasteiger charge is 2.24. The largest absolute Gasteiger partial charge is 0.450 e. The molecule has 1 aromatic rings. The molecule has 0 saturated carbocycles. The molecule has 6 nitrogen and oxygen atoms in total. The molecule has 1 aliphatic rings. The number of aryl methyl sites for hydroxylation is 1. The fourth-order valence-electron chi connectivity index (χ4n) is 2.64. The highest BCUT2D eigenvalue weighted by Crippen LogP contribution is 2.20. The fraction of sp³-hybridized carbons (Fsp3) is 0.529. The Hall–Kier alpha value is -1.76. The maximum Gasteiger partial charge on any atom is 0.409 e. The number of carbonyl (C=O) groups is 2. The van der Waals surface area contributed by atoms with Gasteiger partial charge in [0.1, 0.15) is 0 Å². The minimum atomic E-state index is -0.294. The van der Waals surface area contributed by atoms with Crippen LogP contribution in [0.3, 0.4) is 0 Å². The minimum absolute atomic E-state index is 0.112. The first-order valence-corrected chi connectivity index (χ1v) is 9.00. The van der Waals surface area contributed by atoms with Crippen molar-refractivity contribution >= 4 is 33.6 Å². The van der Waals surface area contributed by atoms with E-state index in [-0.39, 0.29) is 12.0 Å². The van der Waals surface area contributed by atoms with Crippen molar-refractivity contribution in [1.29, 1.82) is 0 Å². The van der Waals surface area contributed by atoms with Gasteiger partial charge in [-0.1, -0.05) is 15.9 Å². The standard InChI is InChI=1S/C17H24BrN3O3/c1-3-24-17(23)21-10-8-20(9-11-21)16(22)6-7-19-15-5-4-14(18)12-13(15)2/h4-5,12,19H,3,6-11H2,1-2H3. The summed E-state index contributed by atoms with van der Waals surface area (Å²) in [6.45, 7) is 6.98. The number of halogens is 1. The fourth-order valence-corrected chi connectivity index (χ4v) is 3.12. The first-order valence-electron chi connectivity index (χ1n) is 8.20. The zero-order valence-corrected chi connectivity index (χ0v) is 15.8. The van der Waals surface area contributed by atoms with Gasteiger partial charge in [0.25, 0.3) is 0 Å². The van der Waals surface area contributed by atoms with Gasteiger partial charge in [-0.15, -0.1) is 0 Å². The lowest BCUT2D eigenvalue weighted by Crippen LogP contribution is -2.50. The lowest BCUT2D eigenvalue weighted by atomic mass is 10.2. The van der Waals surface area contributed by atoms with Crippen molar-refractivity contribution in [2.45, 2.75) is 20.3 Å². The van der Waals surface area contributed by atoms with E-state index in [1.54, 1.807) is 11.8 Å². The Labute approximate surface area is 151 Å². The Morgan fingerprint density at radius 1 is 1.21 bits per heavy atom. The van der Waals surface area contributed by atoms with Crippen molar-refractivity contribution in [2.75, 3.05) is 44.6 Å². The van der Waals surface area contributed by atoms with Crippen LogP contribution in [0, 0.1) is 6.92 Å². The summed E-state index contributed by atoms with van der Waals surface area (Å²) in [5.74, 6) is 0.112. The van der Waals surface area contributed by atoms with Crippen LogP contribution in [-0.4, -0.2) is 61.1 Å². The lowest BCUT2D eigenvalue weighted by Gasteiger charge is -2.34. The first kappa shape index (κ1) is 18.6. The molecule has 1 heterocycles. The topological polar surface area (TPSA) is 61.9 Å². The van der Waals surface area contributed by atoms with Crippen LogP contribution >= 0.6 is 15.9 Å². The van der Waals surface area contributed by atoms with E-state index in [0.717, 1.165) is 15.7 Å². The van der Waals surface area contributed by atoms with Crippen LogP contribution in [-0.2, 0) is 9.53 Å². The summed E-state index contributed by atoms with van der Waals surface area (Å²) in [4.78, 5) is 27.4. The molecular formula is C17H24BrN3O3. The second kappa shape index (κ2) is 8.92. The van der Waals surface area contributed by atoms with Crippen LogP contribution in [0.15, 0.2) is 22.7 Å². The summed E-state index contributed by atoms with van der Waals surface area (Å²) in [5, 5.41) is 3.30. The van der Waals surface area contributed by atoms with E-state index in [1.807, 2.05) is 30.0 Å². The summed E-state index contributed by atoms with van der Waals surface area (Å²) in [5.41, 5.74) is 2.18. The predicted molar refractivity (Wildman–Crippen MR) is 97.2 cm³/mol. The van der Waals surface area contributed by atoms with Crippen molar-refractivity contribution in [3.63, 3.8) is 0 Å². The number of benzene rings is 1. The first-order chi connectivity index (χ1) is 11.5. The van der Waals surface area contributed by atoms with Gasteiger partial charge in [0, 0.05) is 49.3 Å². The van der Waals surface area contributed by atoms with Gasteiger partial charge in [0.2, 0.25) is 5.91 Å². The Morgan fingerprint density at radius 2 is 1.88 bits per heavy atom. The molecule has 1 N–H and O–H groups in total. The van der Waals surface area contributed by atoms with E-state index in [4.69, 9.17) is 4.74 Å². The lowest BCUT2D eigenvalue weighted by molar-refractivity contribution is -0.132. The van der Waals surface area contributed by atoms with Crippen molar-refractivity contribution < 1.29 is 14.3 Å². The number of hydrogen-bond acceptors (Lipinski definition) is 4. The van der Waals surface area contributed by atoms with Crippen molar-refractivity contribution in [1.82, 2.24) is 9.80 Å². The molecule has 132 valence electrons. The number of anilines is 1. The van der Waals surface area contributed by atoms with Crippen molar-refractivity contribution in [3.05, 3.63) is 28.2 Å². The third kappa shape index (κ3) is 5.12. The molecule has 1 aliphatic heterocycles. The molecule has 0 aromatic heterocycles. The normalized spacial score (nSPS) is 14.5. The van der Waals surface area contributed by atoms with Crippen LogP contribution in [0.4, 0.5) is 10.5 Å². The van der Waals surface area contributed by atoms with Gasteiger partial charge in [-0.3, -0.25) is 4.79 Å². The highest BCUT2D eigenvalue weighted by molar-refractivity contribution is 9.10. The van der Waals surface area contributed by atoms with Gasteiger partial charge >= 0.3 is 6.09 Å². The predicted octanol–water partition coefficient (Wildman–Crippen LogP) is 2.86. The van der Waals surface area contributed by atoms with Crippen LogP contribution in [0.1, 0.15) is 18.9 Å². The maximum absolute atomic E-state index is 12.3. The highest BCUT2D eigenvalue weighted by atomic mass is 79.9. The number of nitrogens with one attached hydrogen (secondary N) is 1. The number of ether oxygens (including phenoxy) is 1. The summed E-state index contributed by atoms with van der Waals surface area (Å²) < 4.78 is 6.02. The zero-order chi connectivity index (χ0) is 17.5. The summed E-state index contributed by atoms with van der Waals surface area (Å²) in [6.07, 6.45) is 0.145. The maximum atomic E-state index is 12.3. The molecule has 0 spiro atoms. The van der Waals surface area contributed by atoms with Crippen molar-refractivity contribution in [3.8, 4) is 0 Å². The Bertz CT molecular complexity index is 586. The Balaban J connectivity index is 1.73. The average molecular weight is 398 g/mol. The summed E-state index contributed by atoms with van der Waals surface area (Å²) in [7, 11) is 0. The molecule has 2 rings (SSSR count). The van der Waals surface area contributed by atoms with Gasteiger partial charge < -0.3 is 19.9 Å². The third-order valence-corrected chi connectivity index (χ3v) is 4.49. The molecule has 1 fully saturated rings. The van der Waals surface area contributed by atoms with E-state index in [1.165, 1.54) is 0 Å². The van der Waals surface area contributed by atoms with Crippen LogP contribution in [0.2, 0.25) is 0 Å². The summed E-state index contributed by atoms with van der Waals surface area (Å²) >= 11 is 3.44. The Kier molecular flexibility index (Phi) is 6.90. The summed E-state index contributed by atoms with van der Waals surface area (Å²) in [6, 6.07) is 6.02. The van der Waals surface area contributed by atoms with E-state index in [9.17, 15) is 9.59 Å². The molecule has 2 amide bonds. The average Bonchev–Trinajstić information content (AvgIpc) is 2.57. The zero-order valence-electron chi connectivity index (χ0n) is 14.2. The minimum Gasteiger partial charge on any atom is -0.450 e. The Morgan fingerprint density at radius 3 is 2.50 bits per heavy atom. The molecule has 1 saturated heterocycles. The number of nitrogens with zero attached hydrogens (tertiary/aromatic N) is 2. The van der Waals surface area contributed by atoms with Gasteiger partial charge in [0.15, 0.2) is 0 Å². The van der Waals surface area contributed by atoms with E-state index in [0.29, 0.717) is 45.8 Å². The molecule has 1 aromatic carbocycles. The monoisotopic (exact) mass is 397 g/mol. The number of rotatable bonds is 5. The molecule has 0 bridgehead atoms. The molecule has 0 radical (unpaired) electrons. The number of amides is 2. The smallest absolute Gasteiger partial charge is 0.409 e. The number of carbonyl (C=O) groups excluding carboxylic acids is 2. The molecule has 0 unspecified atom stereocenters. The molecule has 24 heavy (non-hydrogen) atoms. The molecule has 0 atom stereocenters. The van der Waals surface area contributed by atoms with Gasteiger partial charge in [-0.25, -0.2) is 4.79 Å². The SMILES string of the molecule is CCOC(=O)N1CCN(C(=O)CCNc2ccc(Br)cc2C)CC1. The van der Waals surface area contributed by atoms with Gasteiger partial charge in [-0.2, -0.15) is 0 Å². The van der Waals surface area contributed by atoms with Gasteiger partial charge in [-0.05, 0) is 37.6 Å². The quantitative estimate of drug-likeness (QED) is 0.829. The second-order valence-corrected chi connectivity index (χ2v) is 6.62. The molecule has 0 aliphatic carbocycles. The van der Waals surface area contributed by atoms with E-state index < -0.39 is 0 Å².